The summed E-state index contributed by atoms with van der Waals surface area (Å²) in [5, 5.41) is 13.8. The highest BCUT2D eigenvalue weighted by molar-refractivity contribution is 7.49. The van der Waals surface area contributed by atoms with Crippen molar-refractivity contribution < 1.29 is 37.4 Å². The Bertz CT molecular complexity index is 1190. The number of amides is 1. The van der Waals surface area contributed by atoms with E-state index < -0.39 is 41.6 Å². The summed E-state index contributed by atoms with van der Waals surface area (Å²) >= 11 is 0. The molecular formula is C24H36N3O9PSi2. The number of hydrogen-bond acceptors (Lipinski definition) is 10. The molecule has 1 aromatic carbocycles. The zero-order valence-corrected chi connectivity index (χ0v) is 26.0. The van der Waals surface area contributed by atoms with Gasteiger partial charge in [-0.05, 0) is 30.3 Å². The summed E-state index contributed by atoms with van der Waals surface area (Å²) in [5.41, 5.74) is -0.0836. The molecule has 0 atom stereocenters. The van der Waals surface area contributed by atoms with E-state index in [1.54, 1.807) is 0 Å². The number of hydrogen-bond donors (Lipinski definition) is 1. The SMILES string of the molecule is C[Si](C)(C)CCOP(=O)(OCC[Si](C)(C)C)Oc1ccc([N+](=O)[O-])cc1COC(=O)Nc1cccnc1C=O. The maximum Gasteiger partial charge on any atom is 0.530 e. The van der Waals surface area contributed by atoms with Gasteiger partial charge in [0.2, 0.25) is 0 Å². The third-order valence-electron chi connectivity index (χ3n) is 5.21. The van der Waals surface area contributed by atoms with E-state index in [0.717, 1.165) is 6.07 Å². The maximum atomic E-state index is 13.6. The van der Waals surface area contributed by atoms with Crippen molar-refractivity contribution >= 4 is 47.7 Å². The predicted octanol–water partition coefficient (Wildman–Crippen LogP) is 6.75. The number of nitrogens with one attached hydrogen (secondary N) is 1. The van der Waals surface area contributed by atoms with Gasteiger partial charge in [-0.25, -0.2) is 9.36 Å². The Kier molecular flexibility index (Phi) is 11.5. The minimum absolute atomic E-state index is 0.000642. The quantitative estimate of drug-likeness (QED) is 0.0766. The standard InChI is InChI=1S/C24H36N3O9PSi2/c1-38(2,3)14-12-34-37(32,35-13-15-39(4,5)6)36-23-10-9-20(27(30)31)16-19(23)18-33-24(29)26-21-8-7-11-25-22(21)17-28/h7-11,16-17H,12-15,18H2,1-6H3,(H,26,29). The summed E-state index contributed by atoms with van der Waals surface area (Å²) in [6.07, 6.45) is 0.928. The molecule has 12 nitrogen and oxygen atoms in total. The predicted molar refractivity (Wildman–Crippen MR) is 153 cm³/mol. The van der Waals surface area contributed by atoms with E-state index in [4.69, 9.17) is 18.3 Å². The molecule has 39 heavy (non-hydrogen) atoms. The molecule has 2 aromatic rings. The van der Waals surface area contributed by atoms with E-state index in [1.165, 1.54) is 30.5 Å². The molecule has 0 radical (unpaired) electrons. The molecule has 0 aliphatic heterocycles. The normalized spacial score (nSPS) is 12.1. The molecule has 1 amide bonds. The summed E-state index contributed by atoms with van der Waals surface area (Å²) in [4.78, 5) is 38.1. The summed E-state index contributed by atoms with van der Waals surface area (Å²) in [6.45, 7) is 12.7. The molecule has 0 unspecified atom stereocenters. The van der Waals surface area contributed by atoms with Gasteiger partial charge in [0.1, 0.15) is 18.1 Å². The van der Waals surface area contributed by atoms with Gasteiger partial charge < -0.3 is 9.26 Å². The van der Waals surface area contributed by atoms with Gasteiger partial charge in [0, 0.05) is 40.0 Å². The number of ether oxygens (including phenoxy) is 1. The second kappa shape index (κ2) is 13.9. The van der Waals surface area contributed by atoms with Crippen molar-refractivity contribution in [1.82, 2.24) is 4.98 Å². The Labute approximate surface area is 230 Å². The number of anilines is 1. The molecule has 0 fully saturated rings. The highest BCUT2D eigenvalue weighted by Crippen LogP contribution is 2.51. The van der Waals surface area contributed by atoms with Crippen molar-refractivity contribution in [3.8, 4) is 5.75 Å². The Morgan fingerprint density at radius 1 is 1.08 bits per heavy atom. The molecule has 2 rings (SSSR count). The number of rotatable bonds is 15. The molecule has 1 heterocycles. The van der Waals surface area contributed by atoms with E-state index in [9.17, 15) is 24.3 Å². The number of benzene rings is 1. The van der Waals surface area contributed by atoms with Gasteiger partial charge in [0.05, 0.1) is 23.8 Å². The molecule has 1 aromatic heterocycles. The minimum Gasteiger partial charge on any atom is -0.444 e. The zero-order chi connectivity index (χ0) is 29.3. The van der Waals surface area contributed by atoms with Crippen LogP contribution in [0.25, 0.3) is 0 Å². The van der Waals surface area contributed by atoms with Gasteiger partial charge in [0.25, 0.3) is 5.69 Å². The van der Waals surface area contributed by atoms with Crippen LogP contribution in [0.4, 0.5) is 16.2 Å². The van der Waals surface area contributed by atoms with E-state index in [0.29, 0.717) is 18.4 Å². The average Bonchev–Trinajstić information content (AvgIpc) is 2.82. The fourth-order valence-electron chi connectivity index (χ4n) is 2.93. The monoisotopic (exact) mass is 597 g/mol. The number of non-ortho nitro benzene ring substituents is 1. The Balaban J connectivity index is 2.26. The van der Waals surface area contributed by atoms with Crippen LogP contribution >= 0.6 is 7.82 Å². The number of carbonyl (C=O) groups excluding carboxylic acids is 2. The minimum atomic E-state index is -4.12. The highest BCUT2D eigenvalue weighted by atomic mass is 31.2. The van der Waals surface area contributed by atoms with E-state index in [-0.39, 0.29) is 41.6 Å². The molecule has 0 spiro atoms. The van der Waals surface area contributed by atoms with Crippen LogP contribution in [-0.4, -0.2) is 51.6 Å². The van der Waals surface area contributed by atoms with Gasteiger partial charge >= 0.3 is 13.9 Å². The van der Waals surface area contributed by atoms with Crippen molar-refractivity contribution in [3.63, 3.8) is 0 Å². The lowest BCUT2D eigenvalue weighted by Crippen LogP contribution is -2.23. The van der Waals surface area contributed by atoms with Crippen LogP contribution in [0.15, 0.2) is 36.5 Å². The lowest BCUT2D eigenvalue weighted by Gasteiger charge is -2.23. The molecule has 15 heteroatoms. The first kappa shape index (κ1) is 32.3. The Morgan fingerprint density at radius 3 is 2.23 bits per heavy atom. The summed E-state index contributed by atoms with van der Waals surface area (Å²) < 4.78 is 35.9. The van der Waals surface area contributed by atoms with Crippen LogP contribution in [0, 0.1) is 10.1 Å². The van der Waals surface area contributed by atoms with Crippen LogP contribution in [0.2, 0.25) is 51.4 Å². The number of phosphoric ester groups is 1. The first-order valence-corrected chi connectivity index (χ1v) is 21.2. The fraction of sp³-hybridized carbons (Fsp3) is 0.458. The van der Waals surface area contributed by atoms with Crippen molar-refractivity contribution in [2.75, 3.05) is 18.5 Å². The third-order valence-corrected chi connectivity index (χ3v) is 10.0. The number of pyridine rings is 1. The molecular weight excluding hydrogens is 561 g/mol. The topological polar surface area (TPSA) is 156 Å². The Morgan fingerprint density at radius 2 is 1.69 bits per heavy atom. The number of carbonyl (C=O) groups is 2. The number of nitrogens with zero attached hydrogens (tertiary/aromatic N) is 2. The van der Waals surface area contributed by atoms with Crippen LogP contribution < -0.4 is 9.84 Å². The second-order valence-corrected chi connectivity index (χ2v) is 24.0. The molecule has 0 aliphatic carbocycles. The van der Waals surface area contributed by atoms with Crippen LogP contribution in [-0.2, 0) is 25.0 Å². The number of phosphoric acid groups is 1. The summed E-state index contributed by atoms with van der Waals surface area (Å²) in [7, 11) is -7.16. The van der Waals surface area contributed by atoms with Crippen molar-refractivity contribution in [2.24, 2.45) is 0 Å². The van der Waals surface area contributed by atoms with Crippen LogP contribution in [0.5, 0.6) is 5.75 Å². The van der Waals surface area contributed by atoms with Gasteiger partial charge in [-0.2, -0.15) is 0 Å². The van der Waals surface area contributed by atoms with Crippen molar-refractivity contribution in [2.45, 2.75) is 58.0 Å². The molecule has 0 saturated carbocycles. The smallest absolute Gasteiger partial charge is 0.444 e. The van der Waals surface area contributed by atoms with Crippen LogP contribution in [0.1, 0.15) is 16.1 Å². The van der Waals surface area contributed by atoms with Gasteiger partial charge in [-0.3, -0.25) is 34.3 Å². The zero-order valence-electron chi connectivity index (χ0n) is 23.1. The van der Waals surface area contributed by atoms with Gasteiger partial charge in [-0.15, -0.1) is 0 Å². The lowest BCUT2D eigenvalue weighted by molar-refractivity contribution is -0.385. The largest absolute Gasteiger partial charge is 0.530 e. The molecule has 214 valence electrons. The van der Waals surface area contributed by atoms with Crippen LogP contribution in [0.3, 0.4) is 0 Å². The van der Waals surface area contributed by atoms with E-state index in [1.807, 2.05) is 0 Å². The third kappa shape index (κ3) is 11.8. The number of nitro groups is 1. The van der Waals surface area contributed by atoms with E-state index >= 15 is 0 Å². The number of aldehydes is 1. The lowest BCUT2D eigenvalue weighted by atomic mass is 10.2. The molecule has 0 saturated heterocycles. The number of aromatic nitrogens is 1. The summed E-state index contributed by atoms with van der Waals surface area (Å²) in [6, 6.07) is 8.01. The average molecular weight is 598 g/mol. The maximum absolute atomic E-state index is 13.6. The summed E-state index contributed by atoms with van der Waals surface area (Å²) in [5.74, 6) is -0.0484. The molecule has 0 aliphatic rings. The van der Waals surface area contributed by atoms with Crippen molar-refractivity contribution in [1.29, 1.82) is 0 Å². The fourth-order valence-corrected chi connectivity index (χ4v) is 5.93. The Hall–Kier alpha value is -2.91. The molecule has 0 bridgehead atoms. The first-order chi connectivity index (χ1) is 18.1. The molecule has 1 N–H and O–H groups in total. The van der Waals surface area contributed by atoms with Gasteiger partial charge in [0.15, 0.2) is 6.29 Å². The highest BCUT2D eigenvalue weighted by Gasteiger charge is 2.32. The van der Waals surface area contributed by atoms with Crippen molar-refractivity contribution in [3.05, 3.63) is 57.9 Å². The first-order valence-electron chi connectivity index (χ1n) is 12.3. The van der Waals surface area contributed by atoms with E-state index in [2.05, 4.69) is 49.6 Å². The second-order valence-electron chi connectivity index (χ2n) is 11.1. The van der Waals surface area contributed by atoms with Gasteiger partial charge in [-0.1, -0.05) is 39.3 Å². The number of nitro benzene ring substituents is 1.